The van der Waals surface area contributed by atoms with Crippen molar-refractivity contribution < 1.29 is 14.4 Å². The third-order valence-electron chi connectivity index (χ3n) is 5.63. The largest absolute Gasteiger partial charge is 0.393 e. The van der Waals surface area contributed by atoms with Gasteiger partial charge in [-0.1, -0.05) is 18.0 Å². The topological polar surface area (TPSA) is 66.6 Å². The molecule has 22 heavy (non-hydrogen) atoms. The minimum absolute atomic E-state index is 0.0587. The van der Waals surface area contributed by atoms with E-state index in [9.17, 15) is 9.90 Å². The maximum absolute atomic E-state index is 13.0. The molecule has 1 aliphatic heterocycles. The molecular weight excluding hydrogens is 280 g/mol. The van der Waals surface area contributed by atoms with Gasteiger partial charge in [-0.2, -0.15) is 0 Å². The molecule has 3 aliphatic rings. The number of amides is 1. The van der Waals surface area contributed by atoms with Gasteiger partial charge in [0.05, 0.1) is 11.8 Å². The smallest absolute Gasteiger partial charge is 0.259 e. The van der Waals surface area contributed by atoms with Crippen LogP contribution in [0.5, 0.6) is 0 Å². The first-order chi connectivity index (χ1) is 10.8. The molecule has 2 heterocycles. The van der Waals surface area contributed by atoms with Crippen molar-refractivity contribution in [3.63, 3.8) is 0 Å². The van der Waals surface area contributed by atoms with Crippen LogP contribution >= 0.6 is 0 Å². The number of carbonyl (C=O) groups is 1. The lowest BCUT2D eigenvalue weighted by Gasteiger charge is -2.37. The molecule has 0 unspecified atom stereocenters. The normalized spacial score (nSPS) is 32.4. The number of hydrogen-bond acceptors (Lipinski definition) is 4. The molecule has 1 amide bonds. The first kappa shape index (κ1) is 14.2. The molecule has 2 aliphatic carbocycles. The first-order valence-electron chi connectivity index (χ1n) is 8.69. The van der Waals surface area contributed by atoms with E-state index in [-0.39, 0.29) is 24.0 Å². The van der Waals surface area contributed by atoms with Gasteiger partial charge in [0.2, 0.25) is 0 Å². The molecule has 3 atom stereocenters. The Kier molecular flexibility index (Phi) is 3.68. The van der Waals surface area contributed by atoms with Gasteiger partial charge < -0.3 is 14.5 Å². The molecule has 0 spiro atoms. The summed E-state index contributed by atoms with van der Waals surface area (Å²) in [7, 11) is 0. The van der Waals surface area contributed by atoms with Crippen molar-refractivity contribution in [1.29, 1.82) is 0 Å². The van der Waals surface area contributed by atoms with Crippen LogP contribution in [0.3, 0.4) is 0 Å². The minimum Gasteiger partial charge on any atom is -0.393 e. The standard InChI is InChI=1S/C17H24N2O3/c20-15-6-2-1-4-12(15)14-5-3-9-19(14)17(21)13-10-22-18-16(13)11-7-8-11/h10-12,14-15,20H,1-9H2/t12-,14-,15+/m1/s1. The van der Waals surface area contributed by atoms with Crippen molar-refractivity contribution in [3.8, 4) is 0 Å². The number of aliphatic hydroxyl groups is 1. The van der Waals surface area contributed by atoms with E-state index < -0.39 is 0 Å². The Balaban J connectivity index is 1.55. The van der Waals surface area contributed by atoms with Crippen molar-refractivity contribution >= 4 is 5.91 Å². The Morgan fingerprint density at radius 1 is 1.18 bits per heavy atom. The molecule has 0 aromatic carbocycles. The van der Waals surface area contributed by atoms with Gasteiger partial charge in [0.25, 0.3) is 5.91 Å². The van der Waals surface area contributed by atoms with Crippen molar-refractivity contribution in [3.05, 3.63) is 17.5 Å². The van der Waals surface area contributed by atoms with E-state index in [4.69, 9.17) is 4.52 Å². The second-order valence-corrected chi connectivity index (χ2v) is 7.11. The molecule has 1 aromatic heterocycles. The molecule has 0 bridgehead atoms. The Morgan fingerprint density at radius 2 is 2.00 bits per heavy atom. The highest BCUT2D eigenvalue weighted by Gasteiger charge is 2.41. The summed E-state index contributed by atoms with van der Waals surface area (Å²) in [6.07, 6.45) is 9.71. The van der Waals surface area contributed by atoms with Crippen LogP contribution in [0.2, 0.25) is 0 Å². The molecule has 5 nitrogen and oxygen atoms in total. The van der Waals surface area contributed by atoms with Gasteiger partial charge in [0.1, 0.15) is 11.8 Å². The Labute approximate surface area is 130 Å². The number of aromatic nitrogens is 1. The molecule has 1 saturated heterocycles. The van der Waals surface area contributed by atoms with Gasteiger partial charge in [0.15, 0.2) is 0 Å². The predicted molar refractivity (Wildman–Crippen MR) is 80.5 cm³/mol. The fourth-order valence-electron chi connectivity index (χ4n) is 4.29. The second kappa shape index (κ2) is 5.69. The van der Waals surface area contributed by atoms with E-state index in [0.717, 1.165) is 57.2 Å². The zero-order valence-corrected chi connectivity index (χ0v) is 12.9. The quantitative estimate of drug-likeness (QED) is 0.932. The molecule has 120 valence electrons. The van der Waals surface area contributed by atoms with E-state index in [1.807, 2.05) is 4.90 Å². The predicted octanol–water partition coefficient (Wildman–Crippen LogP) is 2.71. The fourth-order valence-corrected chi connectivity index (χ4v) is 4.29. The van der Waals surface area contributed by atoms with E-state index in [2.05, 4.69) is 5.16 Å². The van der Waals surface area contributed by atoms with E-state index in [1.54, 1.807) is 0 Å². The van der Waals surface area contributed by atoms with Crippen LogP contribution in [0, 0.1) is 5.92 Å². The van der Waals surface area contributed by atoms with E-state index in [0.29, 0.717) is 11.5 Å². The number of hydrogen-bond donors (Lipinski definition) is 1. The first-order valence-corrected chi connectivity index (χ1v) is 8.69. The van der Waals surface area contributed by atoms with Gasteiger partial charge in [0, 0.05) is 24.4 Å². The number of aliphatic hydroxyl groups excluding tert-OH is 1. The average Bonchev–Trinajstić information content (AvgIpc) is 3.07. The van der Waals surface area contributed by atoms with Gasteiger partial charge in [-0.3, -0.25) is 4.79 Å². The van der Waals surface area contributed by atoms with Gasteiger partial charge in [-0.25, -0.2) is 0 Å². The van der Waals surface area contributed by atoms with E-state index in [1.165, 1.54) is 12.7 Å². The highest BCUT2D eigenvalue weighted by atomic mass is 16.5. The summed E-state index contributed by atoms with van der Waals surface area (Å²) in [5, 5.41) is 14.4. The monoisotopic (exact) mass is 304 g/mol. The maximum Gasteiger partial charge on any atom is 0.259 e. The molecule has 2 saturated carbocycles. The van der Waals surface area contributed by atoms with Crippen molar-refractivity contribution in [1.82, 2.24) is 10.1 Å². The number of carbonyl (C=O) groups excluding carboxylic acids is 1. The maximum atomic E-state index is 13.0. The third-order valence-corrected chi connectivity index (χ3v) is 5.63. The van der Waals surface area contributed by atoms with Gasteiger partial charge in [-0.15, -0.1) is 0 Å². The second-order valence-electron chi connectivity index (χ2n) is 7.11. The highest BCUT2D eigenvalue weighted by Crippen LogP contribution is 2.42. The minimum atomic E-state index is -0.252. The third kappa shape index (κ3) is 2.45. The summed E-state index contributed by atoms with van der Waals surface area (Å²) in [5.41, 5.74) is 1.50. The number of nitrogens with zero attached hydrogens (tertiary/aromatic N) is 2. The Morgan fingerprint density at radius 3 is 2.77 bits per heavy atom. The summed E-state index contributed by atoms with van der Waals surface area (Å²) in [5.74, 6) is 0.715. The molecule has 1 N–H and O–H groups in total. The number of rotatable bonds is 3. The Hall–Kier alpha value is -1.36. The summed E-state index contributed by atoms with van der Waals surface area (Å²) in [6.45, 7) is 0.794. The number of likely N-dealkylation sites (tertiary alicyclic amines) is 1. The lowest BCUT2D eigenvalue weighted by atomic mass is 9.80. The van der Waals surface area contributed by atoms with Crippen LogP contribution in [-0.2, 0) is 0 Å². The van der Waals surface area contributed by atoms with Crippen molar-refractivity contribution in [2.45, 2.75) is 69.4 Å². The summed E-state index contributed by atoms with van der Waals surface area (Å²) >= 11 is 0. The van der Waals surface area contributed by atoms with Gasteiger partial charge >= 0.3 is 0 Å². The average molecular weight is 304 g/mol. The molecule has 0 radical (unpaired) electrons. The zero-order valence-electron chi connectivity index (χ0n) is 12.9. The van der Waals surface area contributed by atoms with Crippen LogP contribution < -0.4 is 0 Å². The fraction of sp³-hybridized carbons (Fsp3) is 0.765. The van der Waals surface area contributed by atoms with Crippen molar-refractivity contribution in [2.75, 3.05) is 6.54 Å². The highest BCUT2D eigenvalue weighted by molar-refractivity contribution is 5.95. The Bertz CT molecular complexity index is 552. The SMILES string of the molecule is O=C(c1conc1C1CC1)N1CCC[C@@H]1[C@H]1CCCC[C@@H]1O. The molecular formula is C17H24N2O3. The molecule has 3 fully saturated rings. The van der Waals surface area contributed by atoms with Gasteiger partial charge in [-0.05, 0) is 38.5 Å². The van der Waals surface area contributed by atoms with Crippen LogP contribution in [0.1, 0.15) is 73.3 Å². The zero-order chi connectivity index (χ0) is 15.1. The molecule has 5 heteroatoms. The van der Waals surface area contributed by atoms with Crippen LogP contribution in [0.4, 0.5) is 0 Å². The van der Waals surface area contributed by atoms with E-state index >= 15 is 0 Å². The van der Waals surface area contributed by atoms with Crippen molar-refractivity contribution in [2.24, 2.45) is 5.92 Å². The molecule has 4 rings (SSSR count). The van der Waals surface area contributed by atoms with Crippen LogP contribution in [0.15, 0.2) is 10.8 Å². The summed E-state index contributed by atoms with van der Waals surface area (Å²) < 4.78 is 5.08. The molecule has 1 aromatic rings. The van der Waals surface area contributed by atoms with Crippen LogP contribution in [0.25, 0.3) is 0 Å². The van der Waals surface area contributed by atoms with Crippen LogP contribution in [-0.4, -0.2) is 39.8 Å². The summed E-state index contributed by atoms with van der Waals surface area (Å²) in [4.78, 5) is 14.9. The summed E-state index contributed by atoms with van der Waals surface area (Å²) in [6, 6.07) is 0.185. The lowest BCUT2D eigenvalue weighted by Crippen LogP contribution is -2.45. The lowest BCUT2D eigenvalue weighted by molar-refractivity contribution is 0.0211.